The van der Waals surface area contributed by atoms with Gasteiger partial charge >= 0.3 is 0 Å². The molecule has 240 valence electrons. The van der Waals surface area contributed by atoms with Gasteiger partial charge in [0.25, 0.3) is 0 Å². The highest BCUT2D eigenvalue weighted by Gasteiger charge is 2.30. The Balaban J connectivity index is 1.14. The summed E-state index contributed by atoms with van der Waals surface area (Å²) in [4.78, 5) is 17.1. The van der Waals surface area contributed by atoms with E-state index in [2.05, 4.69) is 113 Å². The number of ether oxygens (including phenoxy) is 1. The van der Waals surface area contributed by atoms with Crippen LogP contribution in [0.4, 0.5) is 17.1 Å². The maximum Gasteiger partial charge on any atom is 0.164 e. The van der Waals surface area contributed by atoms with Crippen LogP contribution in [-0.4, -0.2) is 19.5 Å². The van der Waals surface area contributed by atoms with E-state index in [-0.39, 0.29) is 0 Å². The minimum atomic E-state index is 0.625. The molecule has 0 radical (unpaired) electrons. The van der Waals surface area contributed by atoms with E-state index in [4.69, 9.17) is 19.7 Å². The second-order valence-corrected chi connectivity index (χ2v) is 12.5. The highest BCUT2D eigenvalue weighted by Crippen LogP contribution is 2.54. The lowest BCUT2D eigenvalue weighted by Gasteiger charge is -2.33. The number of aromatic nitrogens is 4. The molecular formula is C45H29N5O. The molecular weight excluding hydrogens is 627 g/mol. The summed E-state index contributed by atoms with van der Waals surface area (Å²) < 4.78 is 8.91. The lowest BCUT2D eigenvalue weighted by Crippen LogP contribution is -2.16. The lowest BCUT2D eigenvalue weighted by atomic mass is 10.1. The van der Waals surface area contributed by atoms with Gasteiger partial charge in [0.05, 0.1) is 22.4 Å². The number of anilines is 3. The highest BCUT2D eigenvalue weighted by atomic mass is 16.5. The molecule has 6 nitrogen and oxygen atoms in total. The monoisotopic (exact) mass is 655 g/mol. The number of hydrogen-bond donors (Lipinski definition) is 0. The average molecular weight is 656 g/mol. The number of fused-ring (bicyclic) bond motifs is 6. The number of hydrogen-bond acceptors (Lipinski definition) is 5. The third kappa shape index (κ3) is 4.84. The molecule has 6 heteroatoms. The molecule has 0 amide bonds. The van der Waals surface area contributed by atoms with Gasteiger partial charge in [0.1, 0.15) is 0 Å². The van der Waals surface area contributed by atoms with Gasteiger partial charge in [-0.15, -0.1) is 0 Å². The zero-order valence-electron chi connectivity index (χ0n) is 27.4. The van der Waals surface area contributed by atoms with Gasteiger partial charge in [0, 0.05) is 38.8 Å². The largest absolute Gasteiger partial charge is 0.453 e. The molecule has 0 aliphatic carbocycles. The van der Waals surface area contributed by atoms with Crippen LogP contribution < -0.4 is 9.64 Å². The molecule has 0 saturated heterocycles. The van der Waals surface area contributed by atoms with Crippen LogP contribution in [-0.2, 0) is 0 Å². The normalized spacial score (nSPS) is 12.0. The number of para-hydroxylation sites is 4. The molecule has 0 atom stereocenters. The van der Waals surface area contributed by atoms with Crippen LogP contribution in [0, 0.1) is 0 Å². The van der Waals surface area contributed by atoms with Crippen molar-refractivity contribution in [3.63, 3.8) is 0 Å². The Morgan fingerprint density at radius 1 is 0.392 bits per heavy atom. The average Bonchev–Trinajstić information content (AvgIpc) is 3.55. The molecule has 0 spiro atoms. The summed E-state index contributed by atoms with van der Waals surface area (Å²) in [6.45, 7) is 0. The second kappa shape index (κ2) is 11.8. The third-order valence-electron chi connectivity index (χ3n) is 9.42. The molecule has 0 N–H and O–H groups in total. The van der Waals surface area contributed by atoms with E-state index in [1.807, 2.05) is 72.8 Å². The molecule has 2 aromatic heterocycles. The third-order valence-corrected chi connectivity index (χ3v) is 9.42. The summed E-state index contributed by atoms with van der Waals surface area (Å²) in [6, 6.07) is 60.2. The molecule has 10 rings (SSSR count). The van der Waals surface area contributed by atoms with Crippen molar-refractivity contribution in [2.24, 2.45) is 0 Å². The molecule has 0 fully saturated rings. The highest BCUT2D eigenvalue weighted by molar-refractivity contribution is 6.18. The van der Waals surface area contributed by atoms with Gasteiger partial charge in [0.15, 0.2) is 29.0 Å². The first-order chi connectivity index (χ1) is 25.3. The van der Waals surface area contributed by atoms with Gasteiger partial charge in [0.2, 0.25) is 0 Å². The molecule has 0 unspecified atom stereocenters. The SMILES string of the molecule is c1ccc(-c2nc(-c3ccccc3)nc(-c3ccc(-n4c5ccccc5c5c6c(ccc54)Oc4ccccc4N6c4ccccc4)cc3)n2)cc1. The fraction of sp³-hybridized carbons (Fsp3) is 0. The Kier molecular flexibility index (Phi) is 6.70. The number of benzene rings is 7. The Bertz CT molecular complexity index is 2650. The predicted molar refractivity (Wildman–Crippen MR) is 205 cm³/mol. The number of rotatable bonds is 5. The molecule has 51 heavy (non-hydrogen) atoms. The zero-order chi connectivity index (χ0) is 33.7. The Hall–Kier alpha value is -7.05. The molecule has 3 heterocycles. The van der Waals surface area contributed by atoms with Gasteiger partial charge in [-0.25, -0.2) is 15.0 Å². The van der Waals surface area contributed by atoms with Crippen LogP contribution in [0.2, 0.25) is 0 Å². The van der Waals surface area contributed by atoms with Crippen molar-refractivity contribution in [1.82, 2.24) is 19.5 Å². The van der Waals surface area contributed by atoms with Crippen molar-refractivity contribution in [1.29, 1.82) is 0 Å². The van der Waals surface area contributed by atoms with E-state index in [1.165, 1.54) is 0 Å². The summed E-state index contributed by atoms with van der Waals surface area (Å²) in [5.74, 6) is 3.56. The van der Waals surface area contributed by atoms with Crippen molar-refractivity contribution in [3.05, 3.63) is 176 Å². The summed E-state index contributed by atoms with van der Waals surface area (Å²) in [5.41, 5.74) is 9.14. The Morgan fingerprint density at radius 2 is 0.941 bits per heavy atom. The number of nitrogens with zero attached hydrogens (tertiary/aromatic N) is 5. The van der Waals surface area contributed by atoms with Crippen LogP contribution >= 0.6 is 0 Å². The van der Waals surface area contributed by atoms with Crippen LogP contribution in [0.3, 0.4) is 0 Å². The first kappa shape index (κ1) is 28.9. The fourth-order valence-electron chi connectivity index (χ4n) is 7.12. The smallest absolute Gasteiger partial charge is 0.164 e. The zero-order valence-corrected chi connectivity index (χ0v) is 27.4. The lowest BCUT2D eigenvalue weighted by molar-refractivity contribution is 0.478. The summed E-state index contributed by atoms with van der Waals surface area (Å²) in [7, 11) is 0. The van der Waals surface area contributed by atoms with Crippen LogP contribution in [0.1, 0.15) is 0 Å². The van der Waals surface area contributed by atoms with Crippen LogP contribution in [0.25, 0.3) is 61.7 Å². The maximum absolute atomic E-state index is 6.58. The van der Waals surface area contributed by atoms with Gasteiger partial charge in [-0.05, 0) is 66.7 Å². The van der Waals surface area contributed by atoms with E-state index in [0.29, 0.717) is 17.5 Å². The van der Waals surface area contributed by atoms with E-state index in [0.717, 1.165) is 72.7 Å². The van der Waals surface area contributed by atoms with Crippen molar-refractivity contribution in [2.75, 3.05) is 4.90 Å². The quantitative estimate of drug-likeness (QED) is 0.185. The molecule has 0 bridgehead atoms. The minimum absolute atomic E-state index is 0.625. The first-order valence-electron chi connectivity index (χ1n) is 17.0. The van der Waals surface area contributed by atoms with Gasteiger partial charge in [-0.3, -0.25) is 0 Å². The van der Waals surface area contributed by atoms with E-state index >= 15 is 0 Å². The first-order valence-corrected chi connectivity index (χ1v) is 17.0. The van der Waals surface area contributed by atoms with E-state index < -0.39 is 0 Å². The van der Waals surface area contributed by atoms with E-state index in [1.54, 1.807) is 0 Å². The van der Waals surface area contributed by atoms with E-state index in [9.17, 15) is 0 Å². The molecule has 0 saturated carbocycles. The van der Waals surface area contributed by atoms with Crippen molar-refractivity contribution in [2.45, 2.75) is 0 Å². The topological polar surface area (TPSA) is 56.1 Å². The second-order valence-electron chi connectivity index (χ2n) is 12.5. The van der Waals surface area contributed by atoms with Gasteiger partial charge < -0.3 is 14.2 Å². The summed E-state index contributed by atoms with van der Waals surface area (Å²) in [5, 5.41) is 2.28. The van der Waals surface area contributed by atoms with Crippen molar-refractivity contribution < 1.29 is 4.74 Å². The summed E-state index contributed by atoms with van der Waals surface area (Å²) >= 11 is 0. The molecule has 7 aromatic carbocycles. The van der Waals surface area contributed by atoms with Crippen molar-refractivity contribution >= 4 is 38.9 Å². The standard InChI is InChI=1S/C45H29N5O/c1-4-14-30(15-5-1)43-46-44(31-16-6-2-7-17-31)48-45(47-43)32-24-26-34(27-25-32)49-36-21-11-10-20-35(36)41-38(49)28-29-40-42(41)50(33-18-8-3-9-19-33)37-22-12-13-23-39(37)51-40/h1-29H. The van der Waals surface area contributed by atoms with Crippen LogP contribution in [0.5, 0.6) is 11.5 Å². The molecule has 9 aromatic rings. The molecule has 1 aliphatic rings. The fourth-order valence-corrected chi connectivity index (χ4v) is 7.12. The summed E-state index contributed by atoms with van der Waals surface area (Å²) in [6.07, 6.45) is 0. The van der Waals surface area contributed by atoms with Gasteiger partial charge in [-0.2, -0.15) is 0 Å². The molecule has 1 aliphatic heterocycles. The maximum atomic E-state index is 6.58. The van der Waals surface area contributed by atoms with Crippen molar-refractivity contribution in [3.8, 4) is 51.3 Å². The minimum Gasteiger partial charge on any atom is -0.453 e. The Labute approximate surface area is 294 Å². The van der Waals surface area contributed by atoms with Crippen LogP contribution in [0.15, 0.2) is 176 Å². The predicted octanol–water partition coefficient (Wildman–Crippen LogP) is 11.5. The Morgan fingerprint density at radius 3 is 1.61 bits per heavy atom. The van der Waals surface area contributed by atoms with Gasteiger partial charge in [-0.1, -0.05) is 109 Å².